The normalized spacial score (nSPS) is 11.3. The number of carbonyl (C=O) groups is 1. The number of sulfonamides is 1. The first kappa shape index (κ1) is 20.2. The largest absolute Gasteiger partial charge is 0.326 e. The number of carbonyl (C=O) groups excluding carboxylic acids is 1. The van der Waals surface area contributed by atoms with Crippen molar-refractivity contribution >= 4 is 38.9 Å². The smallest absolute Gasteiger partial charge is 0.232 e. The van der Waals surface area contributed by atoms with E-state index in [2.05, 4.69) is 5.32 Å². The number of amides is 1. The second kappa shape index (κ2) is 8.05. The molecule has 1 N–H and O–H groups in total. The van der Waals surface area contributed by atoms with Crippen molar-refractivity contribution in [1.29, 1.82) is 0 Å². The van der Waals surface area contributed by atoms with Crippen molar-refractivity contribution in [2.24, 2.45) is 0 Å². The second-order valence-corrected chi connectivity index (χ2v) is 8.34. The van der Waals surface area contributed by atoms with Gasteiger partial charge in [0, 0.05) is 18.7 Å². The van der Waals surface area contributed by atoms with Crippen molar-refractivity contribution < 1.29 is 17.6 Å². The molecular weight excluding hydrogens is 379 g/mol. The van der Waals surface area contributed by atoms with Crippen LogP contribution >= 0.6 is 11.6 Å². The Kier molecular flexibility index (Phi) is 6.26. The van der Waals surface area contributed by atoms with Crippen molar-refractivity contribution in [1.82, 2.24) is 0 Å². The zero-order valence-corrected chi connectivity index (χ0v) is 16.3. The van der Waals surface area contributed by atoms with Gasteiger partial charge in [0.2, 0.25) is 15.9 Å². The number of halogens is 2. The monoisotopic (exact) mass is 398 g/mol. The number of nitrogens with zero attached hydrogens (tertiary/aromatic N) is 1. The molecule has 0 fully saturated rings. The number of nitrogens with one attached hydrogen (secondary N) is 1. The van der Waals surface area contributed by atoms with Gasteiger partial charge in [0.25, 0.3) is 0 Å². The van der Waals surface area contributed by atoms with Crippen LogP contribution in [0.1, 0.15) is 17.5 Å². The van der Waals surface area contributed by atoms with E-state index in [4.69, 9.17) is 11.6 Å². The summed E-state index contributed by atoms with van der Waals surface area (Å²) >= 11 is 5.68. The van der Waals surface area contributed by atoms with Gasteiger partial charge in [-0.25, -0.2) is 12.8 Å². The molecule has 0 saturated heterocycles. The Bertz CT molecular complexity index is 932. The molecule has 0 atom stereocenters. The maximum Gasteiger partial charge on any atom is 0.232 e. The second-order valence-electron chi connectivity index (χ2n) is 6.03. The molecule has 8 heteroatoms. The summed E-state index contributed by atoms with van der Waals surface area (Å²) in [6.07, 6.45) is 1.04. The third-order valence-corrected chi connectivity index (χ3v) is 5.41. The standard InChI is InChI=1S/C18H20ClFN2O3S/c1-12-4-6-15(10-13(12)2)22(26(3,24)25)9-8-18(23)21-14-5-7-17(20)16(19)11-14/h4-7,10-11H,8-9H2,1-3H3,(H,21,23). The van der Waals surface area contributed by atoms with Gasteiger partial charge >= 0.3 is 0 Å². The van der Waals surface area contributed by atoms with Gasteiger partial charge in [0.05, 0.1) is 17.0 Å². The van der Waals surface area contributed by atoms with Gasteiger partial charge in [-0.05, 0) is 55.3 Å². The zero-order chi connectivity index (χ0) is 19.5. The molecule has 140 valence electrons. The van der Waals surface area contributed by atoms with Crippen molar-refractivity contribution in [3.05, 3.63) is 58.4 Å². The molecule has 2 rings (SSSR count). The average molecular weight is 399 g/mol. The number of hydrogen-bond donors (Lipinski definition) is 1. The highest BCUT2D eigenvalue weighted by molar-refractivity contribution is 7.92. The molecule has 0 aliphatic rings. The van der Waals surface area contributed by atoms with E-state index in [1.165, 1.54) is 16.4 Å². The van der Waals surface area contributed by atoms with E-state index >= 15 is 0 Å². The van der Waals surface area contributed by atoms with Crippen LogP contribution in [0.5, 0.6) is 0 Å². The molecule has 0 aliphatic heterocycles. The van der Waals surface area contributed by atoms with E-state index in [-0.39, 0.29) is 18.0 Å². The molecule has 0 bridgehead atoms. The fraction of sp³-hybridized carbons (Fsp3) is 0.278. The first-order valence-corrected chi connectivity index (χ1v) is 10.1. The number of aryl methyl sites for hydroxylation is 2. The number of rotatable bonds is 6. The van der Waals surface area contributed by atoms with Crippen LogP contribution in [-0.2, 0) is 14.8 Å². The van der Waals surface area contributed by atoms with Crippen LogP contribution in [0.15, 0.2) is 36.4 Å². The Hall–Kier alpha value is -2.12. The predicted molar refractivity (Wildman–Crippen MR) is 103 cm³/mol. The van der Waals surface area contributed by atoms with Crippen LogP contribution in [0, 0.1) is 19.7 Å². The lowest BCUT2D eigenvalue weighted by atomic mass is 10.1. The summed E-state index contributed by atoms with van der Waals surface area (Å²) < 4.78 is 38.6. The zero-order valence-electron chi connectivity index (χ0n) is 14.7. The summed E-state index contributed by atoms with van der Waals surface area (Å²) in [5, 5.41) is 2.48. The van der Waals surface area contributed by atoms with E-state index in [0.29, 0.717) is 11.4 Å². The van der Waals surface area contributed by atoms with Crippen molar-refractivity contribution in [2.75, 3.05) is 22.4 Å². The van der Waals surface area contributed by atoms with Crippen LogP contribution in [-0.4, -0.2) is 27.1 Å². The molecule has 1 amide bonds. The fourth-order valence-corrected chi connectivity index (χ4v) is 3.47. The summed E-state index contributed by atoms with van der Waals surface area (Å²) in [5.74, 6) is -0.979. The van der Waals surface area contributed by atoms with Gasteiger partial charge in [-0.2, -0.15) is 0 Å². The van der Waals surface area contributed by atoms with Gasteiger partial charge in [0.15, 0.2) is 0 Å². The number of anilines is 2. The van der Waals surface area contributed by atoms with Crippen LogP contribution in [0.3, 0.4) is 0 Å². The van der Waals surface area contributed by atoms with Gasteiger partial charge in [0.1, 0.15) is 5.82 Å². The molecule has 0 saturated carbocycles. The molecule has 26 heavy (non-hydrogen) atoms. The topological polar surface area (TPSA) is 66.5 Å². The molecule has 0 spiro atoms. The summed E-state index contributed by atoms with van der Waals surface area (Å²) in [6.45, 7) is 3.82. The highest BCUT2D eigenvalue weighted by Crippen LogP contribution is 2.22. The Morgan fingerprint density at radius 2 is 1.85 bits per heavy atom. The first-order valence-electron chi connectivity index (χ1n) is 7.88. The van der Waals surface area contributed by atoms with E-state index < -0.39 is 21.7 Å². The van der Waals surface area contributed by atoms with Crippen LogP contribution in [0.4, 0.5) is 15.8 Å². The maximum absolute atomic E-state index is 13.2. The quantitative estimate of drug-likeness (QED) is 0.802. The van der Waals surface area contributed by atoms with E-state index in [1.54, 1.807) is 12.1 Å². The highest BCUT2D eigenvalue weighted by atomic mass is 35.5. The molecule has 2 aromatic carbocycles. The molecule has 0 radical (unpaired) electrons. The molecular formula is C18H20ClFN2O3S. The van der Waals surface area contributed by atoms with Crippen molar-refractivity contribution in [3.8, 4) is 0 Å². The third kappa shape index (κ3) is 5.19. The third-order valence-electron chi connectivity index (χ3n) is 3.92. The van der Waals surface area contributed by atoms with Crippen LogP contribution in [0.2, 0.25) is 5.02 Å². The Morgan fingerprint density at radius 3 is 2.42 bits per heavy atom. The SMILES string of the molecule is Cc1ccc(N(CCC(=O)Nc2ccc(F)c(Cl)c2)S(C)(=O)=O)cc1C. The Labute approximate surface area is 157 Å². The minimum atomic E-state index is -3.55. The average Bonchev–Trinajstić information content (AvgIpc) is 2.53. The molecule has 2 aromatic rings. The predicted octanol–water partition coefficient (Wildman–Crippen LogP) is 3.89. The van der Waals surface area contributed by atoms with Crippen LogP contribution in [0.25, 0.3) is 0 Å². The molecule has 0 aromatic heterocycles. The summed E-state index contributed by atoms with van der Waals surface area (Å²) in [5.41, 5.74) is 2.86. The summed E-state index contributed by atoms with van der Waals surface area (Å²) in [7, 11) is -3.55. The van der Waals surface area contributed by atoms with E-state index in [1.807, 2.05) is 19.9 Å². The molecule has 5 nitrogen and oxygen atoms in total. The molecule has 0 heterocycles. The lowest BCUT2D eigenvalue weighted by molar-refractivity contribution is -0.116. The summed E-state index contributed by atoms with van der Waals surface area (Å²) in [4.78, 5) is 12.1. The van der Waals surface area contributed by atoms with Gasteiger partial charge in [-0.3, -0.25) is 9.10 Å². The minimum Gasteiger partial charge on any atom is -0.326 e. The number of benzene rings is 2. The first-order chi connectivity index (χ1) is 12.1. The fourth-order valence-electron chi connectivity index (χ4n) is 2.37. The minimum absolute atomic E-state index is 0.0118. The van der Waals surface area contributed by atoms with Crippen molar-refractivity contribution in [3.63, 3.8) is 0 Å². The van der Waals surface area contributed by atoms with E-state index in [9.17, 15) is 17.6 Å². The van der Waals surface area contributed by atoms with Crippen molar-refractivity contribution in [2.45, 2.75) is 20.3 Å². The molecule has 0 aliphatic carbocycles. The van der Waals surface area contributed by atoms with Gasteiger partial charge < -0.3 is 5.32 Å². The lowest BCUT2D eigenvalue weighted by Gasteiger charge is -2.23. The number of hydrogen-bond acceptors (Lipinski definition) is 3. The van der Waals surface area contributed by atoms with E-state index in [0.717, 1.165) is 23.4 Å². The Morgan fingerprint density at radius 1 is 1.15 bits per heavy atom. The Balaban J connectivity index is 2.10. The van der Waals surface area contributed by atoms with Crippen LogP contribution < -0.4 is 9.62 Å². The maximum atomic E-state index is 13.2. The lowest BCUT2D eigenvalue weighted by Crippen LogP contribution is -2.33. The highest BCUT2D eigenvalue weighted by Gasteiger charge is 2.19. The summed E-state index contributed by atoms with van der Waals surface area (Å²) in [6, 6.07) is 9.15. The van der Waals surface area contributed by atoms with Gasteiger partial charge in [-0.15, -0.1) is 0 Å². The molecule has 0 unspecified atom stereocenters. The van der Waals surface area contributed by atoms with Gasteiger partial charge in [-0.1, -0.05) is 17.7 Å².